The molecular weight excluding hydrogens is 357 g/mol. The lowest BCUT2D eigenvalue weighted by Crippen LogP contribution is -2.40. The summed E-state index contributed by atoms with van der Waals surface area (Å²) in [5, 5.41) is 6.37. The molecule has 1 aliphatic rings. The summed E-state index contributed by atoms with van der Waals surface area (Å²) in [6.07, 6.45) is 5.29. The zero-order valence-corrected chi connectivity index (χ0v) is 15.2. The molecule has 3 rings (SSSR count). The number of methoxy groups -OCH3 is 1. The van der Waals surface area contributed by atoms with E-state index in [1.165, 1.54) is 18.2 Å². The molecule has 0 aliphatic heterocycles. The number of benzene rings is 1. The second-order valence-electron chi connectivity index (χ2n) is 6.38. The maximum atomic E-state index is 13.2. The van der Waals surface area contributed by atoms with E-state index >= 15 is 0 Å². The summed E-state index contributed by atoms with van der Waals surface area (Å²) in [5.74, 6) is 0.804. The molecule has 0 unspecified atom stereocenters. The topological polar surface area (TPSA) is 63.2 Å². The van der Waals surface area contributed by atoms with Gasteiger partial charge in [-0.05, 0) is 49.9 Å². The van der Waals surface area contributed by atoms with Gasteiger partial charge in [0.25, 0.3) is 5.91 Å². The first-order chi connectivity index (χ1) is 12.5. The van der Waals surface area contributed by atoms with E-state index in [4.69, 9.17) is 16.3 Å². The summed E-state index contributed by atoms with van der Waals surface area (Å²) in [5.41, 5.74) is 0.372. The Hall–Kier alpha value is -2.34. The molecule has 0 saturated heterocycles. The molecule has 26 heavy (non-hydrogen) atoms. The Kier molecular flexibility index (Phi) is 5.93. The zero-order valence-electron chi connectivity index (χ0n) is 14.5. The van der Waals surface area contributed by atoms with Crippen LogP contribution in [0.4, 0.5) is 10.2 Å². The van der Waals surface area contributed by atoms with Crippen LogP contribution in [-0.2, 0) is 0 Å². The number of halogens is 2. The van der Waals surface area contributed by atoms with Crippen LogP contribution >= 0.6 is 11.6 Å². The third kappa shape index (κ3) is 4.64. The van der Waals surface area contributed by atoms with Crippen molar-refractivity contribution < 1.29 is 13.9 Å². The second-order valence-corrected chi connectivity index (χ2v) is 6.78. The molecule has 1 aromatic carbocycles. The van der Waals surface area contributed by atoms with Crippen LogP contribution in [0.3, 0.4) is 0 Å². The van der Waals surface area contributed by atoms with Gasteiger partial charge in [0.1, 0.15) is 17.4 Å². The highest BCUT2D eigenvalue weighted by Crippen LogP contribution is 2.24. The lowest BCUT2D eigenvalue weighted by molar-refractivity contribution is 0.0926. The molecule has 1 fully saturated rings. The van der Waals surface area contributed by atoms with Gasteiger partial charge in [0, 0.05) is 29.9 Å². The molecule has 2 N–H and O–H groups in total. The van der Waals surface area contributed by atoms with Gasteiger partial charge < -0.3 is 15.4 Å². The molecule has 1 amide bonds. The minimum absolute atomic E-state index is 0.0450. The number of carbonyl (C=O) groups excluding carboxylic acids is 1. The van der Waals surface area contributed by atoms with Gasteiger partial charge in [-0.25, -0.2) is 9.37 Å². The van der Waals surface area contributed by atoms with Crippen LogP contribution < -0.4 is 15.4 Å². The van der Waals surface area contributed by atoms with E-state index in [2.05, 4.69) is 15.6 Å². The van der Waals surface area contributed by atoms with Crippen molar-refractivity contribution in [2.24, 2.45) is 0 Å². The number of rotatable bonds is 5. The molecule has 0 bridgehead atoms. The Morgan fingerprint density at radius 1 is 1.19 bits per heavy atom. The van der Waals surface area contributed by atoms with Crippen LogP contribution in [0, 0.1) is 5.82 Å². The van der Waals surface area contributed by atoms with Crippen molar-refractivity contribution in [2.45, 2.75) is 37.8 Å². The maximum Gasteiger partial charge on any atom is 0.251 e. The molecule has 1 heterocycles. The van der Waals surface area contributed by atoms with E-state index in [1.54, 1.807) is 19.4 Å². The molecule has 0 radical (unpaired) electrons. The normalized spacial score (nSPS) is 19.7. The molecule has 1 aliphatic carbocycles. The van der Waals surface area contributed by atoms with Crippen molar-refractivity contribution in [3.05, 3.63) is 52.9 Å². The fraction of sp³-hybridized carbons (Fsp3) is 0.368. The molecule has 1 saturated carbocycles. The molecule has 0 atom stereocenters. The number of nitrogens with zero attached hydrogens (tertiary/aromatic N) is 1. The SMILES string of the molecule is COc1ccnc(NC2CCC(NC(=O)c3ccc(F)c(Cl)c3)CC2)c1. The van der Waals surface area contributed by atoms with Crippen LogP contribution in [0.5, 0.6) is 5.75 Å². The number of ether oxygens (including phenoxy) is 1. The second kappa shape index (κ2) is 8.36. The summed E-state index contributed by atoms with van der Waals surface area (Å²) < 4.78 is 18.4. The number of hydrogen-bond acceptors (Lipinski definition) is 4. The summed E-state index contributed by atoms with van der Waals surface area (Å²) >= 11 is 5.74. The van der Waals surface area contributed by atoms with E-state index in [0.717, 1.165) is 37.3 Å². The standard InChI is InChI=1S/C19H21ClFN3O2/c1-26-15-8-9-22-18(11-15)23-13-3-5-14(6-4-13)24-19(25)12-2-7-17(21)16(20)10-12/h2,7-11,13-14H,3-6H2,1H3,(H,22,23)(H,24,25). The fourth-order valence-corrected chi connectivity index (χ4v) is 3.29. The lowest BCUT2D eigenvalue weighted by Gasteiger charge is -2.30. The maximum absolute atomic E-state index is 13.2. The average Bonchev–Trinajstić information content (AvgIpc) is 2.65. The van der Waals surface area contributed by atoms with Gasteiger partial charge in [0.2, 0.25) is 0 Å². The highest BCUT2D eigenvalue weighted by atomic mass is 35.5. The predicted octanol–water partition coefficient (Wildman–Crippen LogP) is 4.04. The predicted molar refractivity (Wildman–Crippen MR) is 99.3 cm³/mol. The first-order valence-corrected chi connectivity index (χ1v) is 8.95. The van der Waals surface area contributed by atoms with Crippen LogP contribution in [0.15, 0.2) is 36.5 Å². The van der Waals surface area contributed by atoms with E-state index < -0.39 is 5.82 Å². The van der Waals surface area contributed by atoms with Crippen molar-refractivity contribution in [3.63, 3.8) is 0 Å². The Labute approximate surface area is 156 Å². The molecule has 2 aromatic rings. The number of anilines is 1. The lowest BCUT2D eigenvalue weighted by atomic mass is 9.91. The zero-order chi connectivity index (χ0) is 18.5. The number of pyridine rings is 1. The highest BCUT2D eigenvalue weighted by molar-refractivity contribution is 6.31. The van der Waals surface area contributed by atoms with E-state index in [1.807, 2.05) is 6.07 Å². The van der Waals surface area contributed by atoms with Crippen molar-refractivity contribution in [1.82, 2.24) is 10.3 Å². The van der Waals surface area contributed by atoms with Crippen LogP contribution in [-0.4, -0.2) is 30.1 Å². The minimum Gasteiger partial charge on any atom is -0.497 e. The Morgan fingerprint density at radius 2 is 1.92 bits per heavy atom. The van der Waals surface area contributed by atoms with Crippen molar-refractivity contribution in [2.75, 3.05) is 12.4 Å². The number of aromatic nitrogens is 1. The van der Waals surface area contributed by atoms with Gasteiger partial charge in [-0.15, -0.1) is 0 Å². The summed E-state index contributed by atoms with van der Waals surface area (Å²) in [4.78, 5) is 16.6. The van der Waals surface area contributed by atoms with E-state index in [-0.39, 0.29) is 17.0 Å². The molecule has 1 aromatic heterocycles. The van der Waals surface area contributed by atoms with Gasteiger partial charge in [-0.1, -0.05) is 11.6 Å². The quantitative estimate of drug-likeness (QED) is 0.825. The van der Waals surface area contributed by atoms with Gasteiger partial charge >= 0.3 is 0 Å². The van der Waals surface area contributed by atoms with E-state index in [0.29, 0.717) is 11.6 Å². The summed E-state index contributed by atoms with van der Waals surface area (Å²) in [7, 11) is 1.63. The van der Waals surface area contributed by atoms with Crippen molar-refractivity contribution >= 4 is 23.3 Å². The number of nitrogens with one attached hydrogen (secondary N) is 2. The average molecular weight is 378 g/mol. The first-order valence-electron chi connectivity index (χ1n) is 8.57. The van der Waals surface area contributed by atoms with Gasteiger partial charge in [0.15, 0.2) is 0 Å². The first kappa shape index (κ1) is 18.5. The molecule has 5 nitrogen and oxygen atoms in total. The van der Waals surface area contributed by atoms with Gasteiger partial charge in [-0.2, -0.15) is 0 Å². The Balaban J connectivity index is 1.50. The minimum atomic E-state index is -0.527. The smallest absolute Gasteiger partial charge is 0.251 e. The molecule has 7 heteroatoms. The molecule has 138 valence electrons. The Morgan fingerprint density at radius 3 is 2.62 bits per heavy atom. The third-order valence-electron chi connectivity index (χ3n) is 4.56. The molecular formula is C19H21ClFN3O2. The Bertz CT molecular complexity index is 779. The summed E-state index contributed by atoms with van der Waals surface area (Å²) in [6.45, 7) is 0. The van der Waals surface area contributed by atoms with E-state index in [9.17, 15) is 9.18 Å². The van der Waals surface area contributed by atoms with Crippen LogP contribution in [0.1, 0.15) is 36.0 Å². The number of amides is 1. The van der Waals surface area contributed by atoms with Crippen LogP contribution in [0.2, 0.25) is 5.02 Å². The number of carbonyl (C=O) groups is 1. The van der Waals surface area contributed by atoms with Crippen molar-refractivity contribution in [1.29, 1.82) is 0 Å². The van der Waals surface area contributed by atoms with Crippen molar-refractivity contribution in [3.8, 4) is 5.75 Å². The molecule has 0 spiro atoms. The van der Waals surface area contributed by atoms with Crippen LogP contribution in [0.25, 0.3) is 0 Å². The highest BCUT2D eigenvalue weighted by Gasteiger charge is 2.23. The monoisotopic (exact) mass is 377 g/mol. The van der Waals surface area contributed by atoms with Gasteiger partial charge in [-0.3, -0.25) is 4.79 Å². The third-order valence-corrected chi connectivity index (χ3v) is 4.85. The fourth-order valence-electron chi connectivity index (χ4n) is 3.11. The largest absolute Gasteiger partial charge is 0.497 e. The number of hydrogen-bond donors (Lipinski definition) is 2. The van der Waals surface area contributed by atoms with Gasteiger partial charge in [0.05, 0.1) is 12.1 Å². The summed E-state index contributed by atoms with van der Waals surface area (Å²) in [6, 6.07) is 8.09.